The van der Waals surface area contributed by atoms with Gasteiger partial charge in [-0.25, -0.2) is 0 Å². The fraction of sp³-hybridized carbons (Fsp3) is 0.400. The maximum absolute atomic E-state index is 13.4. The minimum absolute atomic E-state index is 0. The second-order valence-electron chi connectivity index (χ2n) is 10.1. The molecule has 1 saturated carbocycles. The van der Waals surface area contributed by atoms with E-state index in [1.165, 1.54) is 5.56 Å². The summed E-state index contributed by atoms with van der Waals surface area (Å²) in [5, 5.41) is 13.5. The summed E-state index contributed by atoms with van der Waals surface area (Å²) in [7, 11) is 0. The van der Waals surface area contributed by atoms with Gasteiger partial charge in [0, 0.05) is 18.0 Å². The average Bonchev–Trinajstić information content (AvgIpc) is 2.93. The Hall–Kier alpha value is -2.59. The number of benzene rings is 3. The molecular weight excluding hydrogens is 556 g/mol. The molecule has 10 heteroatoms. The molecule has 3 aromatic rings. The molecule has 4 rings (SSSR count). The lowest BCUT2D eigenvalue weighted by Gasteiger charge is -2.41. The lowest BCUT2D eigenvalue weighted by atomic mass is 9.68. The molecule has 3 aromatic carbocycles. The quantitative estimate of drug-likeness (QED) is 0.250. The second kappa shape index (κ2) is 13.4. The van der Waals surface area contributed by atoms with Crippen molar-refractivity contribution in [3.63, 3.8) is 0 Å². The molecular formula is C30H32ClF6NO2. The van der Waals surface area contributed by atoms with Gasteiger partial charge in [-0.05, 0) is 60.6 Å². The largest absolute Gasteiger partial charge is 0.416 e. The van der Waals surface area contributed by atoms with Gasteiger partial charge in [-0.15, -0.1) is 12.4 Å². The summed E-state index contributed by atoms with van der Waals surface area (Å²) < 4.78 is 86.3. The average molecular weight is 588 g/mol. The molecule has 0 spiro atoms. The maximum Gasteiger partial charge on any atom is 0.416 e. The van der Waals surface area contributed by atoms with Crippen LogP contribution in [0.2, 0.25) is 0 Å². The molecule has 1 atom stereocenters. The van der Waals surface area contributed by atoms with Gasteiger partial charge in [0.25, 0.3) is 0 Å². The number of halogens is 7. The second-order valence-corrected chi connectivity index (χ2v) is 10.1. The monoisotopic (exact) mass is 587 g/mol. The zero-order chi connectivity index (χ0) is 28.1. The first-order chi connectivity index (χ1) is 18.5. The molecule has 1 unspecified atom stereocenters. The van der Waals surface area contributed by atoms with E-state index in [4.69, 9.17) is 4.74 Å². The smallest absolute Gasteiger partial charge is 0.393 e. The van der Waals surface area contributed by atoms with E-state index in [9.17, 15) is 31.4 Å². The number of ether oxygens (including phenoxy) is 1. The molecule has 0 amide bonds. The molecule has 0 aliphatic heterocycles. The Morgan fingerprint density at radius 1 is 0.825 bits per heavy atom. The van der Waals surface area contributed by atoms with Crippen molar-refractivity contribution in [2.24, 2.45) is 0 Å². The van der Waals surface area contributed by atoms with Crippen molar-refractivity contribution < 1.29 is 36.2 Å². The first kappa shape index (κ1) is 31.9. The third-order valence-corrected chi connectivity index (χ3v) is 7.47. The molecule has 0 saturated heterocycles. The van der Waals surface area contributed by atoms with Gasteiger partial charge in [0.15, 0.2) is 0 Å². The van der Waals surface area contributed by atoms with Gasteiger partial charge in [0.05, 0.1) is 24.3 Å². The highest BCUT2D eigenvalue weighted by Crippen LogP contribution is 2.42. The first-order valence-corrected chi connectivity index (χ1v) is 12.8. The molecule has 218 valence electrons. The van der Waals surface area contributed by atoms with E-state index >= 15 is 0 Å². The minimum Gasteiger partial charge on any atom is -0.393 e. The number of aliphatic hydroxyl groups excluding tert-OH is 1. The van der Waals surface area contributed by atoms with Crippen molar-refractivity contribution in [3.8, 4) is 0 Å². The number of hydrogen-bond acceptors (Lipinski definition) is 3. The maximum atomic E-state index is 13.4. The third-order valence-electron chi connectivity index (χ3n) is 7.47. The fourth-order valence-electron chi connectivity index (χ4n) is 5.22. The van der Waals surface area contributed by atoms with Crippen molar-refractivity contribution in [1.82, 2.24) is 5.32 Å². The Morgan fingerprint density at radius 2 is 1.35 bits per heavy atom. The fourth-order valence-corrected chi connectivity index (χ4v) is 5.22. The Bertz CT molecular complexity index is 1160. The van der Waals surface area contributed by atoms with Crippen LogP contribution in [0.25, 0.3) is 0 Å². The van der Waals surface area contributed by atoms with Gasteiger partial charge in [-0.1, -0.05) is 60.7 Å². The highest BCUT2D eigenvalue weighted by Gasteiger charge is 2.40. The normalized spacial score (nSPS) is 20.5. The molecule has 40 heavy (non-hydrogen) atoms. The van der Waals surface area contributed by atoms with E-state index in [-0.39, 0.29) is 36.7 Å². The third kappa shape index (κ3) is 8.00. The number of hydrogen-bond donors (Lipinski definition) is 2. The number of aliphatic hydroxyl groups is 1. The molecule has 1 aliphatic rings. The number of nitrogens with one attached hydrogen (secondary N) is 1. The summed E-state index contributed by atoms with van der Waals surface area (Å²) in [6, 6.07) is 21.2. The molecule has 1 fully saturated rings. The Balaban J connectivity index is 0.00000441. The predicted octanol–water partition coefficient (Wildman–Crippen LogP) is 7.87. The summed E-state index contributed by atoms with van der Waals surface area (Å²) in [5.74, 6) is 0. The Morgan fingerprint density at radius 3 is 1.85 bits per heavy atom. The van der Waals surface area contributed by atoms with Crippen LogP contribution in [0.3, 0.4) is 0 Å². The first-order valence-electron chi connectivity index (χ1n) is 12.8. The molecule has 0 bridgehead atoms. The number of rotatable bonds is 9. The minimum atomic E-state index is -4.98. The predicted molar refractivity (Wildman–Crippen MR) is 143 cm³/mol. The van der Waals surface area contributed by atoms with E-state index < -0.39 is 41.6 Å². The summed E-state index contributed by atoms with van der Waals surface area (Å²) >= 11 is 0. The summed E-state index contributed by atoms with van der Waals surface area (Å²) in [4.78, 5) is 0. The lowest BCUT2D eigenvalue weighted by molar-refractivity contribution is -0.143. The SMILES string of the molecule is Cl.OCC(OC[C@]1(c2ccccc2)CC[C@H](NCc2ccccc2)CC1)c1cc(C(F)(F)F)cc(C(F)(F)F)c1. The molecule has 0 radical (unpaired) electrons. The van der Waals surface area contributed by atoms with Crippen molar-refractivity contribution in [3.05, 3.63) is 107 Å². The van der Waals surface area contributed by atoms with Crippen LogP contribution in [-0.2, 0) is 29.0 Å². The highest BCUT2D eigenvalue weighted by atomic mass is 35.5. The molecule has 0 aromatic heterocycles. The van der Waals surface area contributed by atoms with Crippen LogP contribution >= 0.6 is 12.4 Å². The van der Waals surface area contributed by atoms with Gasteiger partial charge < -0.3 is 15.2 Å². The van der Waals surface area contributed by atoms with Crippen LogP contribution in [-0.4, -0.2) is 24.4 Å². The molecule has 1 aliphatic carbocycles. The van der Waals surface area contributed by atoms with E-state index in [2.05, 4.69) is 5.32 Å². The lowest BCUT2D eigenvalue weighted by Crippen LogP contribution is -2.42. The van der Waals surface area contributed by atoms with Crippen molar-refractivity contribution >= 4 is 12.4 Å². The van der Waals surface area contributed by atoms with Crippen LogP contribution in [0.5, 0.6) is 0 Å². The van der Waals surface area contributed by atoms with Crippen LogP contribution < -0.4 is 5.32 Å². The standard InChI is InChI=1S/C30H31F6NO2.ClH/c31-29(32,33)24-15-22(16-25(17-24)30(34,35)36)27(19-38)39-20-28(23-9-5-2-6-10-23)13-11-26(12-14-28)37-18-21-7-3-1-4-8-21;/h1-10,15-17,26-27,37-38H,11-14,18-20H2;1H/t26-,27?,28-;. The zero-order valence-electron chi connectivity index (χ0n) is 21.6. The van der Waals surface area contributed by atoms with Gasteiger partial charge in [0.2, 0.25) is 0 Å². The van der Waals surface area contributed by atoms with Crippen LogP contribution in [0.4, 0.5) is 26.3 Å². The molecule has 0 heterocycles. The van der Waals surface area contributed by atoms with Crippen LogP contribution in [0.15, 0.2) is 78.9 Å². The number of alkyl halides is 6. The van der Waals surface area contributed by atoms with Gasteiger partial charge in [0.1, 0.15) is 6.10 Å². The van der Waals surface area contributed by atoms with Crippen molar-refractivity contribution in [2.75, 3.05) is 13.2 Å². The Kier molecular flexibility index (Phi) is 10.7. The van der Waals surface area contributed by atoms with Gasteiger partial charge in [-0.2, -0.15) is 26.3 Å². The van der Waals surface area contributed by atoms with E-state index in [0.717, 1.165) is 24.9 Å². The molecule has 3 nitrogen and oxygen atoms in total. The van der Waals surface area contributed by atoms with Crippen LogP contribution in [0, 0.1) is 0 Å². The van der Waals surface area contributed by atoms with Crippen molar-refractivity contribution in [1.29, 1.82) is 0 Å². The van der Waals surface area contributed by atoms with E-state index in [1.807, 2.05) is 60.7 Å². The summed E-state index contributed by atoms with van der Waals surface area (Å²) in [6.45, 7) is 0.0139. The van der Waals surface area contributed by atoms with Gasteiger partial charge in [-0.3, -0.25) is 0 Å². The van der Waals surface area contributed by atoms with E-state index in [1.54, 1.807) is 0 Å². The summed E-state index contributed by atoms with van der Waals surface area (Å²) in [6.07, 6.45) is -8.26. The topological polar surface area (TPSA) is 41.5 Å². The van der Waals surface area contributed by atoms with Gasteiger partial charge >= 0.3 is 12.4 Å². The molecule has 2 N–H and O–H groups in total. The highest BCUT2D eigenvalue weighted by molar-refractivity contribution is 5.85. The zero-order valence-corrected chi connectivity index (χ0v) is 22.5. The van der Waals surface area contributed by atoms with Crippen LogP contribution in [0.1, 0.15) is 59.6 Å². The Labute approximate surface area is 236 Å². The van der Waals surface area contributed by atoms with E-state index in [0.29, 0.717) is 25.0 Å². The van der Waals surface area contributed by atoms with Crippen molar-refractivity contribution in [2.45, 2.75) is 62.1 Å². The summed E-state index contributed by atoms with van der Waals surface area (Å²) in [5.41, 5.74) is -1.56.